The molecule has 2 N–H and O–H groups in total. The van der Waals surface area contributed by atoms with Crippen LogP contribution in [0.15, 0.2) is 12.1 Å². The maximum absolute atomic E-state index is 5.93. The minimum absolute atomic E-state index is 0.201. The lowest BCUT2D eigenvalue weighted by Crippen LogP contribution is -2.05. The van der Waals surface area contributed by atoms with Gasteiger partial charge in [0, 0.05) is 14.6 Å². The van der Waals surface area contributed by atoms with E-state index in [1.807, 2.05) is 12.1 Å². The first kappa shape index (κ1) is 8.78. The highest BCUT2D eigenvalue weighted by Gasteiger charge is 2.21. The SMILES string of the molecule is N[C@@H]1CCc2c(I)cc(Cl)cc21. The normalized spacial score (nSPS) is 21.1. The predicted octanol–water partition coefficient (Wildman–Crippen LogP) is 2.89. The Morgan fingerprint density at radius 3 is 3.00 bits per heavy atom. The Bertz CT molecular complexity index is 325. The van der Waals surface area contributed by atoms with E-state index in [9.17, 15) is 0 Å². The molecule has 0 saturated carbocycles. The number of halogens is 2. The predicted molar refractivity (Wildman–Crippen MR) is 59.4 cm³/mol. The van der Waals surface area contributed by atoms with Gasteiger partial charge in [-0.3, -0.25) is 0 Å². The molecule has 0 heterocycles. The van der Waals surface area contributed by atoms with Crippen LogP contribution in [0.2, 0.25) is 5.02 Å². The second-order valence-corrected chi connectivity index (χ2v) is 4.70. The maximum Gasteiger partial charge on any atom is 0.0420 e. The number of fused-ring (bicyclic) bond motifs is 1. The number of nitrogens with two attached hydrogens (primary N) is 1. The van der Waals surface area contributed by atoms with Gasteiger partial charge < -0.3 is 5.73 Å². The lowest BCUT2D eigenvalue weighted by Gasteiger charge is -2.06. The minimum Gasteiger partial charge on any atom is -0.324 e. The first-order chi connectivity index (χ1) is 5.68. The Morgan fingerprint density at radius 2 is 2.25 bits per heavy atom. The molecular formula is C9H9ClIN. The van der Waals surface area contributed by atoms with Gasteiger partial charge in [-0.05, 0) is 58.7 Å². The van der Waals surface area contributed by atoms with Gasteiger partial charge in [-0.1, -0.05) is 11.6 Å². The van der Waals surface area contributed by atoms with Crippen molar-refractivity contribution in [3.8, 4) is 0 Å². The molecule has 0 fully saturated rings. The van der Waals surface area contributed by atoms with Gasteiger partial charge >= 0.3 is 0 Å². The van der Waals surface area contributed by atoms with Crippen molar-refractivity contribution in [3.05, 3.63) is 31.9 Å². The monoisotopic (exact) mass is 293 g/mol. The van der Waals surface area contributed by atoms with E-state index in [1.165, 1.54) is 14.7 Å². The van der Waals surface area contributed by atoms with Gasteiger partial charge in [-0.2, -0.15) is 0 Å². The van der Waals surface area contributed by atoms with Crippen LogP contribution in [-0.4, -0.2) is 0 Å². The highest BCUT2D eigenvalue weighted by molar-refractivity contribution is 14.1. The summed E-state index contributed by atoms with van der Waals surface area (Å²) in [6.45, 7) is 0. The van der Waals surface area contributed by atoms with Gasteiger partial charge in [-0.15, -0.1) is 0 Å². The van der Waals surface area contributed by atoms with Crippen LogP contribution in [0.25, 0.3) is 0 Å². The average molecular weight is 294 g/mol. The van der Waals surface area contributed by atoms with Crippen molar-refractivity contribution in [3.63, 3.8) is 0 Å². The molecule has 1 atom stereocenters. The Balaban J connectivity index is 2.60. The Labute approximate surface area is 90.4 Å². The maximum atomic E-state index is 5.93. The second-order valence-electron chi connectivity index (χ2n) is 3.10. The molecule has 64 valence electrons. The van der Waals surface area contributed by atoms with Crippen LogP contribution >= 0.6 is 34.2 Å². The smallest absolute Gasteiger partial charge is 0.0420 e. The van der Waals surface area contributed by atoms with Crippen LogP contribution in [0.5, 0.6) is 0 Å². The molecule has 0 spiro atoms. The van der Waals surface area contributed by atoms with Crippen LogP contribution in [0.4, 0.5) is 0 Å². The van der Waals surface area contributed by atoms with Gasteiger partial charge in [0.15, 0.2) is 0 Å². The first-order valence-corrected chi connectivity index (χ1v) is 5.37. The summed E-state index contributed by atoms with van der Waals surface area (Å²) in [5, 5.41) is 0.801. The molecule has 0 bridgehead atoms. The standard InChI is InChI=1S/C9H9ClIN/c10-5-3-7-6(8(11)4-5)1-2-9(7)12/h3-4,9H,1-2,12H2/t9-/m1/s1. The fourth-order valence-electron chi connectivity index (χ4n) is 1.67. The zero-order valence-corrected chi connectivity index (χ0v) is 9.39. The summed E-state index contributed by atoms with van der Waals surface area (Å²) in [5.41, 5.74) is 8.56. The Hall–Kier alpha value is 0.200. The molecule has 12 heavy (non-hydrogen) atoms. The zero-order chi connectivity index (χ0) is 8.72. The van der Waals surface area contributed by atoms with Gasteiger partial charge in [0.25, 0.3) is 0 Å². The fourth-order valence-corrected chi connectivity index (χ4v) is 3.00. The van der Waals surface area contributed by atoms with Crippen molar-refractivity contribution in [2.24, 2.45) is 5.73 Å². The van der Waals surface area contributed by atoms with Crippen molar-refractivity contribution in [1.29, 1.82) is 0 Å². The summed E-state index contributed by atoms with van der Waals surface area (Å²) in [6, 6.07) is 4.20. The van der Waals surface area contributed by atoms with E-state index in [0.29, 0.717) is 0 Å². The van der Waals surface area contributed by atoms with Crippen molar-refractivity contribution >= 4 is 34.2 Å². The number of rotatable bonds is 0. The number of hydrogen-bond donors (Lipinski definition) is 1. The van der Waals surface area contributed by atoms with E-state index in [0.717, 1.165) is 17.9 Å². The summed E-state index contributed by atoms with van der Waals surface area (Å²) in [4.78, 5) is 0. The molecular weight excluding hydrogens is 284 g/mol. The largest absolute Gasteiger partial charge is 0.324 e. The van der Waals surface area contributed by atoms with Gasteiger partial charge in [0.2, 0.25) is 0 Å². The van der Waals surface area contributed by atoms with Crippen molar-refractivity contribution in [1.82, 2.24) is 0 Å². The lowest BCUT2D eigenvalue weighted by molar-refractivity contribution is 0.713. The fraction of sp³-hybridized carbons (Fsp3) is 0.333. The van der Waals surface area contributed by atoms with Crippen molar-refractivity contribution < 1.29 is 0 Å². The van der Waals surface area contributed by atoms with E-state index in [4.69, 9.17) is 17.3 Å². The van der Waals surface area contributed by atoms with Crippen LogP contribution in [-0.2, 0) is 6.42 Å². The second kappa shape index (κ2) is 3.16. The molecule has 0 amide bonds. The Kier molecular flexibility index (Phi) is 2.31. The summed E-state index contributed by atoms with van der Waals surface area (Å²) in [7, 11) is 0. The van der Waals surface area contributed by atoms with Crippen molar-refractivity contribution in [2.75, 3.05) is 0 Å². The zero-order valence-electron chi connectivity index (χ0n) is 6.48. The highest BCUT2D eigenvalue weighted by Crippen LogP contribution is 2.34. The van der Waals surface area contributed by atoms with Crippen LogP contribution < -0.4 is 5.73 Å². The van der Waals surface area contributed by atoms with E-state index >= 15 is 0 Å². The molecule has 0 unspecified atom stereocenters. The molecule has 1 aliphatic rings. The third-order valence-electron chi connectivity index (χ3n) is 2.30. The molecule has 1 aromatic rings. The van der Waals surface area contributed by atoms with Crippen LogP contribution in [0.3, 0.4) is 0 Å². The third-order valence-corrected chi connectivity index (χ3v) is 3.48. The summed E-state index contributed by atoms with van der Waals surface area (Å²) in [5.74, 6) is 0. The molecule has 1 aliphatic carbocycles. The van der Waals surface area contributed by atoms with E-state index in [-0.39, 0.29) is 6.04 Å². The summed E-state index contributed by atoms with van der Waals surface area (Å²) >= 11 is 8.26. The summed E-state index contributed by atoms with van der Waals surface area (Å²) in [6.07, 6.45) is 2.16. The first-order valence-electron chi connectivity index (χ1n) is 3.92. The quantitative estimate of drug-likeness (QED) is 0.731. The van der Waals surface area contributed by atoms with E-state index in [1.54, 1.807) is 0 Å². The van der Waals surface area contributed by atoms with Gasteiger partial charge in [0.1, 0.15) is 0 Å². The molecule has 0 aliphatic heterocycles. The molecule has 0 aromatic heterocycles. The average Bonchev–Trinajstić information content (AvgIpc) is 2.33. The van der Waals surface area contributed by atoms with Crippen LogP contribution in [0.1, 0.15) is 23.6 Å². The van der Waals surface area contributed by atoms with Crippen molar-refractivity contribution in [2.45, 2.75) is 18.9 Å². The van der Waals surface area contributed by atoms with Crippen LogP contribution in [0, 0.1) is 3.57 Å². The van der Waals surface area contributed by atoms with E-state index in [2.05, 4.69) is 22.6 Å². The summed E-state index contributed by atoms with van der Waals surface area (Å²) < 4.78 is 1.25. The molecule has 0 radical (unpaired) electrons. The molecule has 2 rings (SSSR count). The minimum atomic E-state index is 0.201. The van der Waals surface area contributed by atoms with Gasteiger partial charge in [0.05, 0.1) is 0 Å². The topological polar surface area (TPSA) is 26.0 Å². The van der Waals surface area contributed by atoms with Gasteiger partial charge in [-0.25, -0.2) is 0 Å². The molecule has 3 heteroatoms. The highest BCUT2D eigenvalue weighted by atomic mass is 127. The number of hydrogen-bond acceptors (Lipinski definition) is 1. The van der Waals surface area contributed by atoms with E-state index < -0.39 is 0 Å². The molecule has 1 nitrogen and oxygen atoms in total. The lowest BCUT2D eigenvalue weighted by atomic mass is 10.1. The molecule has 1 aromatic carbocycles. The third kappa shape index (κ3) is 1.36. The number of benzene rings is 1. The Morgan fingerprint density at radius 1 is 1.50 bits per heavy atom. The molecule has 0 saturated heterocycles.